The molecule has 3 rings (SSSR count). The van der Waals surface area contributed by atoms with Gasteiger partial charge in [0.25, 0.3) is 11.8 Å². The number of hydrogen-bond acceptors (Lipinski definition) is 5. The molecule has 0 heterocycles. The molecule has 0 bridgehead atoms. The second-order valence-electron chi connectivity index (χ2n) is 6.76. The highest BCUT2D eigenvalue weighted by Crippen LogP contribution is 2.24. The van der Waals surface area contributed by atoms with Gasteiger partial charge in [-0.3, -0.25) is 14.4 Å². The van der Waals surface area contributed by atoms with Crippen LogP contribution in [0.4, 0.5) is 17.1 Å². The van der Waals surface area contributed by atoms with Crippen molar-refractivity contribution in [3.63, 3.8) is 0 Å². The predicted molar refractivity (Wildman–Crippen MR) is 124 cm³/mol. The van der Waals surface area contributed by atoms with Crippen LogP contribution in [0, 0.1) is 0 Å². The second-order valence-corrected chi connectivity index (χ2v) is 6.76. The van der Waals surface area contributed by atoms with E-state index in [1.165, 1.54) is 7.11 Å². The fourth-order valence-electron chi connectivity index (χ4n) is 3.00. The molecule has 4 N–H and O–H groups in total. The van der Waals surface area contributed by atoms with Crippen molar-refractivity contribution < 1.29 is 19.1 Å². The first-order valence-electron chi connectivity index (χ1n) is 9.91. The summed E-state index contributed by atoms with van der Waals surface area (Å²) in [5.41, 5.74) is 2.57. The summed E-state index contributed by atoms with van der Waals surface area (Å²) in [5.74, 6) is -0.256. The highest BCUT2D eigenvalue weighted by Gasteiger charge is 2.12. The molecule has 0 unspecified atom stereocenters. The Morgan fingerprint density at radius 1 is 0.781 bits per heavy atom. The maximum Gasteiger partial charge on any atom is 0.255 e. The van der Waals surface area contributed by atoms with Crippen molar-refractivity contribution in [1.29, 1.82) is 0 Å². The first kappa shape index (κ1) is 22.4. The lowest BCUT2D eigenvalue weighted by molar-refractivity contribution is -0.114. The Hall–Kier alpha value is -4.33. The smallest absolute Gasteiger partial charge is 0.255 e. The normalized spacial score (nSPS) is 10.1. The van der Waals surface area contributed by atoms with Gasteiger partial charge in [0.2, 0.25) is 5.91 Å². The summed E-state index contributed by atoms with van der Waals surface area (Å²) >= 11 is 0. The van der Waals surface area contributed by atoms with E-state index >= 15 is 0 Å². The molecule has 0 saturated heterocycles. The third kappa shape index (κ3) is 5.63. The number of rotatable bonds is 8. The van der Waals surface area contributed by atoms with E-state index in [9.17, 15) is 14.4 Å². The molecule has 0 aliphatic heterocycles. The summed E-state index contributed by atoms with van der Waals surface area (Å²) in [4.78, 5) is 36.7. The van der Waals surface area contributed by atoms with Gasteiger partial charge in [-0.15, -0.1) is 0 Å². The van der Waals surface area contributed by atoms with Crippen LogP contribution in [0.1, 0.15) is 20.7 Å². The molecular formula is C24H24N4O4. The highest BCUT2D eigenvalue weighted by molar-refractivity contribution is 6.05. The molecule has 0 radical (unpaired) electrons. The number of carbonyl (C=O) groups is 3. The monoisotopic (exact) mass is 432 g/mol. The molecule has 3 aromatic carbocycles. The number of methoxy groups -OCH3 is 1. The average molecular weight is 432 g/mol. The molecule has 8 nitrogen and oxygen atoms in total. The van der Waals surface area contributed by atoms with E-state index < -0.39 is 0 Å². The Kier molecular flexibility index (Phi) is 7.42. The quantitative estimate of drug-likeness (QED) is 0.437. The minimum atomic E-state index is -0.292. The molecule has 0 saturated carbocycles. The van der Waals surface area contributed by atoms with Crippen molar-refractivity contribution >= 4 is 34.8 Å². The third-order valence-electron chi connectivity index (χ3n) is 4.62. The summed E-state index contributed by atoms with van der Waals surface area (Å²) in [6, 6.07) is 20.6. The average Bonchev–Trinajstić information content (AvgIpc) is 2.83. The lowest BCUT2D eigenvalue weighted by Crippen LogP contribution is -2.24. The molecule has 0 aromatic heterocycles. The van der Waals surface area contributed by atoms with Gasteiger partial charge in [0.1, 0.15) is 5.75 Å². The minimum absolute atomic E-state index is 0.0238. The zero-order valence-electron chi connectivity index (χ0n) is 17.8. The maximum atomic E-state index is 12.5. The molecule has 0 atom stereocenters. The van der Waals surface area contributed by atoms with E-state index in [1.807, 2.05) is 6.07 Å². The summed E-state index contributed by atoms with van der Waals surface area (Å²) in [6.07, 6.45) is 0. The van der Waals surface area contributed by atoms with E-state index in [-0.39, 0.29) is 24.3 Å². The fourth-order valence-corrected chi connectivity index (χ4v) is 3.00. The Bertz CT molecular complexity index is 1110. The van der Waals surface area contributed by atoms with Gasteiger partial charge in [-0.1, -0.05) is 24.3 Å². The summed E-state index contributed by atoms with van der Waals surface area (Å²) in [7, 11) is 3.08. The van der Waals surface area contributed by atoms with Gasteiger partial charge in [0.15, 0.2) is 0 Å². The Labute approximate surface area is 186 Å². The molecule has 3 aromatic rings. The van der Waals surface area contributed by atoms with Gasteiger partial charge in [0, 0.05) is 24.0 Å². The van der Waals surface area contributed by atoms with Crippen LogP contribution in [-0.2, 0) is 4.79 Å². The van der Waals surface area contributed by atoms with E-state index in [0.717, 1.165) is 0 Å². The fraction of sp³-hybridized carbons (Fsp3) is 0.125. The number of benzene rings is 3. The second kappa shape index (κ2) is 10.6. The SMILES string of the molecule is CNC(=O)c1ccccc1NCC(=O)Nc1ccc(C(=O)Nc2ccccc2OC)cc1. The molecule has 8 heteroatoms. The zero-order chi connectivity index (χ0) is 22.9. The molecule has 0 fully saturated rings. The lowest BCUT2D eigenvalue weighted by Gasteiger charge is -2.12. The van der Waals surface area contributed by atoms with Crippen LogP contribution in [0.15, 0.2) is 72.8 Å². The van der Waals surface area contributed by atoms with Crippen LogP contribution in [0.3, 0.4) is 0 Å². The van der Waals surface area contributed by atoms with Crippen LogP contribution < -0.4 is 26.0 Å². The van der Waals surface area contributed by atoms with Crippen molar-refractivity contribution in [1.82, 2.24) is 5.32 Å². The van der Waals surface area contributed by atoms with Crippen molar-refractivity contribution in [2.24, 2.45) is 0 Å². The molecule has 164 valence electrons. The van der Waals surface area contributed by atoms with Crippen molar-refractivity contribution in [2.45, 2.75) is 0 Å². The summed E-state index contributed by atoms with van der Waals surface area (Å²) < 4.78 is 5.24. The first-order chi connectivity index (χ1) is 15.5. The van der Waals surface area contributed by atoms with Crippen LogP contribution >= 0.6 is 0 Å². The van der Waals surface area contributed by atoms with Gasteiger partial charge in [-0.05, 0) is 48.5 Å². The van der Waals surface area contributed by atoms with Crippen molar-refractivity contribution in [2.75, 3.05) is 36.7 Å². The van der Waals surface area contributed by atoms with E-state index in [2.05, 4.69) is 21.3 Å². The Balaban J connectivity index is 1.57. The first-order valence-corrected chi connectivity index (χ1v) is 9.91. The van der Waals surface area contributed by atoms with E-state index in [4.69, 9.17) is 4.74 Å². The van der Waals surface area contributed by atoms with Crippen LogP contribution in [0.25, 0.3) is 0 Å². The number of nitrogens with one attached hydrogen (secondary N) is 4. The molecule has 0 spiro atoms. The topological polar surface area (TPSA) is 109 Å². The van der Waals surface area contributed by atoms with Crippen LogP contribution in [-0.4, -0.2) is 38.4 Å². The number of amides is 3. The summed E-state index contributed by atoms with van der Waals surface area (Å²) in [5, 5.41) is 11.1. The van der Waals surface area contributed by atoms with Gasteiger partial charge in [-0.2, -0.15) is 0 Å². The zero-order valence-corrected chi connectivity index (χ0v) is 17.8. The molecule has 3 amide bonds. The van der Waals surface area contributed by atoms with Crippen LogP contribution in [0.5, 0.6) is 5.75 Å². The molecule has 32 heavy (non-hydrogen) atoms. The lowest BCUT2D eigenvalue weighted by atomic mass is 10.1. The Morgan fingerprint density at radius 3 is 2.12 bits per heavy atom. The highest BCUT2D eigenvalue weighted by atomic mass is 16.5. The van der Waals surface area contributed by atoms with Gasteiger partial charge < -0.3 is 26.0 Å². The number of carbonyl (C=O) groups excluding carboxylic acids is 3. The minimum Gasteiger partial charge on any atom is -0.495 e. The number of para-hydroxylation sites is 3. The maximum absolute atomic E-state index is 12.5. The van der Waals surface area contributed by atoms with Crippen LogP contribution in [0.2, 0.25) is 0 Å². The van der Waals surface area contributed by atoms with Crippen molar-refractivity contribution in [3.05, 3.63) is 83.9 Å². The predicted octanol–water partition coefficient (Wildman–Crippen LogP) is 3.36. The van der Waals surface area contributed by atoms with E-state index in [1.54, 1.807) is 73.8 Å². The largest absolute Gasteiger partial charge is 0.495 e. The van der Waals surface area contributed by atoms with Gasteiger partial charge >= 0.3 is 0 Å². The van der Waals surface area contributed by atoms with Crippen molar-refractivity contribution in [3.8, 4) is 5.75 Å². The third-order valence-corrected chi connectivity index (χ3v) is 4.62. The molecular weight excluding hydrogens is 408 g/mol. The number of anilines is 3. The summed E-state index contributed by atoms with van der Waals surface area (Å²) in [6.45, 7) is -0.0238. The van der Waals surface area contributed by atoms with E-state index in [0.29, 0.717) is 33.9 Å². The standard InChI is InChI=1S/C24H24N4O4/c1-25-24(31)18-7-3-4-8-19(18)26-15-22(29)27-17-13-11-16(12-14-17)23(30)28-20-9-5-6-10-21(20)32-2/h3-14,26H,15H2,1-2H3,(H,25,31)(H,27,29)(H,28,30). The number of hydrogen-bond donors (Lipinski definition) is 4. The van der Waals surface area contributed by atoms with Gasteiger partial charge in [-0.25, -0.2) is 0 Å². The number of ether oxygens (including phenoxy) is 1. The molecule has 0 aliphatic rings. The molecule has 0 aliphatic carbocycles. The van der Waals surface area contributed by atoms with Gasteiger partial charge in [0.05, 0.1) is 24.9 Å². The Morgan fingerprint density at radius 2 is 1.44 bits per heavy atom.